The molecule has 7 heteroatoms. The molecular weight excluding hydrogens is 341 g/mol. The lowest BCUT2D eigenvalue weighted by molar-refractivity contribution is -0.127. The van der Waals surface area contributed by atoms with E-state index in [4.69, 9.17) is 4.42 Å². The smallest absolute Gasteiger partial charge is 0.277 e. The minimum Gasteiger partial charge on any atom is -0.416 e. The van der Waals surface area contributed by atoms with Crippen molar-refractivity contribution < 1.29 is 13.6 Å². The molecule has 3 rings (SSSR count). The van der Waals surface area contributed by atoms with Gasteiger partial charge >= 0.3 is 0 Å². The average Bonchev–Trinajstić information content (AvgIpc) is 3.11. The third-order valence-corrected chi connectivity index (χ3v) is 5.26. The van der Waals surface area contributed by atoms with Gasteiger partial charge in [0.15, 0.2) is 0 Å². The van der Waals surface area contributed by atoms with Crippen molar-refractivity contribution in [2.45, 2.75) is 49.8 Å². The summed E-state index contributed by atoms with van der Waals surface area (Å²) in [6.45, 7) is 0.441. The number of carbonyl (C=O) groups is 1. The van der Waals surface area contributed by atoms with Crippen LogP contribution in [0.3, 0.4) is 0 Å². The van der Waals surface area contributed by atoms with Crippen LogP contribution < -0.4 is 0 Å². The number of carbonyl (C=O) groups excluding carboxylic acids is 1. The number of hydrogen-bond acceptors (Lipinski definition) is 5. The highest BCUT2D eigenvalue weighted by Crippen LogP contribution is 2.32. The van der Waals surface area contributed by atoms with E-state index in [1.807, 2.05) is 0 Å². The molecule has 1 saturated carbocycles. The van der Waals surface area contributed by atoms with Crippen molar-refractivity contribution in [3.05, 3.63) is 41.5 Å². The Morgan fingerprint density at radius 3 is 2.68 bits per heavy atom. The normalized spacial score (nSPS) is 15.3. The van der Waals surface area contributed by atoms with Crippen LogP contribution in [0, 0.1) is 5.82 Å². The van der Waals surface area contributed by atoms with E-state index in [2.05, 4.69) is 10.2 Å². The number of rotatable bonds is 6. The monoisotopic (exact) mass is 363 g/mol. The minimum atomic E-state index is -0.279. The van der Waals surface area contributed by atoms with Gasteiger partial charge in [0.05, 0.1) is 5.75 Å². The van der Waals surface area contributed by atoms with Gasteiger partial charge in [-0.2, -0.15) is 0 Å². The third kappa shape index (κ3) is 5.04. The topological polar surface area (TPSA) is 59.2 Å². The fourth-order valence-corrected chi connectivity index (χ4v) is 3.69. The Balaban J connectivity index is 1.48. The number of halogens is 1. The first-order valence-corrected chi connectivity index (χ1v) is 9.55. The first kappa shape index (κ1) is 17.9. The van der Waals surface area contributed by atoms with Crippen LogP contribution in [0.25, 0.3) is 0 Å². The molecule has 1 aliphatic rings. The Morgan fingerprint density at radius 2 is 1.96 bits per heavy atom. The van der Waals surface area contributed by atoms with Gasteiger partial charge < -0.3 is 9.32 Å². The summed E-state index contributed by atoms with van der Waals surface area (Å²) in [5.74, 6) is 0.997. The van der Waals surface area contributed by atoms with Gasteiger partial charge in [-0.3, -0.25) is 4.79 Å². The molecule has 0 spiro atoms. The SMILES string of the molecule is CN(Cc1ccc(F)cc1)C(=O)CSc1nnc(C2CCCCC2)o1. The van der Waals surface area contributed by atoms with Crippen molar-refractivity contribution >= 4 is 17.7 Å². The Labute approximate surface area is 151 Å². The lowest BCUT2D eigenvalue weighted by atomic mass is 9.89. The minimum absolute atomic E-state index is 0.0354. The van der Waals surface area contributed by atoms with Crippen molar-refractivity contribution in [3.8, 4) is 0 Å². The van der Waals surface area contributed by atoms with Crippen LogP contribution in [-0.2, 0) is 11.3 Å². The summed E-state index contributed by atoms with van der Waals surface area (Å²) in [4.78, 5) is 13.8. The van der Waals surface area contributed by atoms with Crippen LogP contribution in [-0.4, -0.2) is 33.8 Å². The zero-order chi connectivity index (χ0) is 17.6. The van der Waals surface area contributed by atoms with E-state index >= 15 is 0 Å². The van der Waals surface area contributed by atoms with Crippen molar-refractivity contribution in [3.63, 3.8) is 0 Å². The Kier molecular flexibility index (Phi) is 6.07. The Hall–Kier alpha value is -1.89. The average molecular weight is 363 g/mol. The predicted molar refractivity (Wildman–Crippen MR) is 93.7 cm³/mol. The lowest BCUT2D eigenvalue weighted by Gasteiger charge is -2.17. The summed E-state index contributed by atoms with van der Waals surface area (Å²) in [5, 5.41) is 8.64. The number of amides is 1. The first-order chi connectivity index (χ1) is 12.1. The van der Waals surface area contributed by atoms with Crippen molar-refractivity contribution in [1.82, 2.24) is 15.1 Å². The fraction of sp³-hybridized carbons (Fsp3) is 0.500. The van der Waals surface area contributed by atoms with Crippen molar-refractivity contribution in [1.29, 1.82) is 0 Å². The fourth-order valence-electron chi connectivity index (χ4n) is 2.98. The van der Waals surface area contributed by atoms with E-state index in [0.717, 1.165) is 18.4 Å². The molecular formula is C18H22FN3O2S. The molecule has 1 fully saturated rings. The van der Waals surface area contributed by atoms with Gasteiger partial charge in [-0.15, -0.1) is 10.2 Å². The highest BCUT2D eigenvalue weighted by atomic mass is 32.2. The highest BCUT2D eigenvalue weighted by molar-refractivity contribution is 7.99. The van der Waals surface area contributed by atoms with E-state index in [1.54, 1.807) is 24.1 Å². The number of nitrogens with zero attached hydrogens (tertiary/aromatic N) is 3. The van der Waals surface area contributed by atoms with Crippen LogP contribution in [0.1, 0.15) is 49.5 Å². The Morgan fingerprint density at radius 1 is 1.24 bits per heavy atom. The zero-order valence-electron chi connectivity index (χ0n) is 14.3. The molecule has 0 saturated heterocycles. The molecule has 0 radical (unpaired) electrons. The van der Waals surface area contributed by atoms with Gasteiger partial charge in [0.25, 0.3) is 5.22 Å². The van der Waals surface area contributed by atoms with Crippen LogP contribution in [0.15, 0.2) is 33.9 Å². The van der Waals surface area contributed by atoms with E-state index < -0.39 is 0 Å². The largest absolute Gasteiger partial charge is 0.416 e. The number of hydrogen-bond donors (Lipinski definition) is 0. The summed E-state index contributed by atoms with van der Waals surface area (Å²) in [5.41, 5.74) is 0.889. The van der Waals surface area contributed by atoms with Gasteiger partial charge in [0, 0.05) is 19.5 Å². The van der Waals surface area contributed by atoms with Gasteiger partial charge in [-0.25, -0.2) is 4.39 Å². The summed E-state index contributed by atoms with van der Waals surface area (Å²) >= 11 is 1.26. The molecule has 134 valence electrons. The summed E-state index contributed by atoms with van der Waals surface area (Å²) in [6, 6.07) is 6.16. The molecule has 1 aromatic carbocycles. The molecule has 25 heavy (non-hydrogen) atoms. The quantitative estimate of drug-likeness (QED) is 0.726. The molecule has 0 N–H and O–H groups in total. The molecule has 1 aromatic heterocycles. The van der Waals surface area contributed by atoms with E-state index in [1.165, 1.54) is 43.2 Å². The Bertz CT molecular complexity index is 699. The van der Waals surface area contributed by atoms with E-state index in [0.29, 0.717) is 23.6 Å². The molecule has 1 heterocycles. The van der Waals surface area contributed by atoms with Gasteiger partial charge in [-0.05, 0) is 30.5 Å². The molecule has 1 amide bonds. The molecule has 0 unspecified atom stereocenters. The number of aromatic nitrogens is 2. The number of thioether (sulfide) groups is 1. The molecule has 5 nitrogen and oxygen atoms in total. The van der Waals surface area contributed by atoms with Gasteiger partial charge in [-0.1, -0.05) is 43.2 Å². The van der Waals surface area contributed by atoms with Crippen LogP contribution in [0.2, 0.25) is 0 Å². The third-order valence-electron chi connectivity index (χ3n) is 4.45. The summed E-state index contributed by atoms with van der Waals surface area (Å²) < 4.78 is 18.6. The molecule has 0 atom stereocenters. The zero-order valence-corrected chi connectivity index (χ0v) is 15.1. The predicted octanol–water partition coefficient (Wildman–Crippen LogP) is 4.01. The molecule has 2 aromatic rings. The molecule has 0 bridgehead atoms. The lowest BCUT2D eigenvalue weighted by Crippen LogP contribution is -2.27. The second-order valence-corrected chi connectivity index (χ2v) is 7.33. The number of benzene rings is 1. The summed E-state index contributed by atoms with van der Waals surface area (Å²) in [6.07, 6.45) is 5.91. The van der Waals surface area contributed by atoms with Crippen molar-refractivity contribution in [2.24, 2.45) is 0 Å². The maximum atomic E-state index is 12.9. The standard InChI is InChI=1S/C18H22FN3O2S/c1-22(11-13-7-9-15(19)10-8-13)16(23)12-25-18-21-20-17(24-18)14-5-3-2-4-6-14/h7-10,14H,2-6,11-12H2,1H3. The second kappa shape index (κ2) is 8.47. The van der Waals surface area contributed by atoms with Gasteiger partial charge in [0.1, 0.15) is 5.82 Å². The second-order valence-electron chi connectivity index (χ2n) is 6.41. The summed E-state index contributed by atoms with van der Waals surface area (Å²) in [7, 11) is 1.73. The van der Waals surface area contributed by atoms with Crippen LogP contribution >= 0.6 is 11.8 Å². The van der Waals surface area contributed by atoms with E-state index in [9.17, 15) is 9.18 Å². The van der Waals surface area contributed by atoms with Crippen molar-refractivity contribution in [2.75, 3.05) is 12.8 Å². The molecule has 1 aliphatic carbocycles. The highest BCUT2D eigenvalue weighted by Gasteiger charge is 2.22. The van der Waals surface area contributed by atoms with E-state index in [-0.39, 0.29) is 17.5 Å². The van der Waals surface area contributed by atoms with Crippen LogP contribution in [0.5, 0.6) is 0 Å². The molecule has 0 aliphatic heterocycles. The maximum absolute atomic E-state index is 12.9. The van der Waals surface area contributed by atoms with Gasteiger partial charge in [0.2, 0.25) is 11.8 Å². The first-order valence-electron chi connectivity index (χ1n) is 8.56. The van der Waals surface area contributed by atoms with Crippen LogP contribution in [0.4, 0.5) is 4.39 Å². The maximum Gasteiger partial charge on any atom is 0.277 e.